The van der Waals surface area contributed by atoms with Gasteiger partial charge in [-0.3, -0.25) is 4.79 Å². The number of amides is 1. The summed E-state index contributed by atoms with van der Waals surface area (Å²) in [5.74, 6) is 0.228. The molecule has 24 heavy (non-hydrogen) atoms. The van der Waals surface area contributed by atoms with E-state index in [0.717, 1.165) is 29.3 Å². The normalized spacial score (nSPS) is 20.3. The number of carbonyl (C=O) groups excluding carboxylic acids is 2. The summed E-state index contributed by atoms with van der Waals surface area (Å²) >= 11 is 3.38. The van der Waals surface area contributed by atoms with E-state index in [4.69, 9.17) is 9.47 Å². The average Bonchev–Trinajstić information content (AvgIpc) is 2.54. The molecule has 1 fully saturated rings. The fourth-order valence-electron chi connectivity index (χ4n) is 2.83. The lowest BCUT2D eigenvalue weighted by atomic mass is 9.86. The molecule has 0 saturated heterocycles. The SMILES string of the molecule is Cc1ccc(OCC(=O)OCC(=O)N[C@H]2CCCC[C@@H]2C)c(Br)c1. The number of benzene rings is 1. The second kappa shape index (κ2) is 9.06. The zero-order chi connectivity index (χ0) is 17.5. The van der Waals surface area contributed by atoms with Crippen molar-refractivity contribution in [3.8, 4) is 5.75 Å². The van der Waals surface area contributed by atoms with Crippen LogP contribution in [0.4, 0.5) is 0 Å². The average molecular weight is 398 g/mol. The summed E-state index contributed by atoms with van der Waals surface area (Å²) in [6.07, 6.45) is 4.47. The Labute approximate surface area is 151 Å². The van der Waals surface area contributed by atoms with Gasteiger partial charge in [0.2, 0.25) is 0 Å². The molecule has 0 spiro atoms. The molecule has 1 aromatic carbocycles. The number of ether oxygens (including phenoxy) is 2. The minimum absolute atomic E-state index is 0.185. The van der Waals surface area contributed by atoms with E-state index in [1.54, 1.807) is 6.07 Å². The molecule has 1 aliphatic rings. The first-order valence-electron chi connectivity index (χ1n) is 8.29. The van der Waals surface area contributed by atoms with Gasteiger partial charge in [-0.15, -0.1) is 0 Å². The fourth-order valence-corrected chi connectivity index (χ4v) is 3.43. The molecule has 0 aromatic heterocycles. The van der Waals surface area contributed by atoms with Crippen molar-refractivity contribution >= 4 is 27.8 Å². The Morgan fingerprint density at radius 1 is 1.25 bits per heavy atom. The van der Waals surface area contributed by atoms with Gasteiger partial charge >= 0.3 is 5.97 Å². The third-order valence-electron chi connectivity index (χ3n) is 4.26. The molecule has 1 aromatic rings. The van der Waals surface area contributed by atoms with Gasteiger partial charge in [-0.1, -0.05) is 25.8 Å². The van der Waals surface area contributed by atoms with Gasteiger partial charge in [0.05, 0.1) is 4.47 Å². The first-order chi connectivity index (χ1) is 11.5. The quantitative estimate of drug-likeness (QED) is 0.747. The highest BCUT2D eigenvalue weighted by Crippen LogP contribution is 2.25. The summed E-state index contributed by atoms with van der Waals surface area (Å²) in [4.78, 5) is 23.6. The largest absolute Gasteiger partial charge is 0.481 e. The van der Waals surface area contributed by atoms with E-state index in [9.17, 15) is 9.59 Å². The maximum atomic E-state index is 11.9. The van der Waals surface area contributed by atoms with Crippen molar-refractivity contribution in [1.82, 2.24) is 5.32 Å². The minimum Gasteiger partial charge on any atom is -0.481 e. The van der Waals surface area contributed by atoms with Crippen LogP contribution in [0.5, 0.6) is 5.75 Å². The Bertz CT molecular complexity index is 590. The van der Waals surface area contributed by atoms with E-state index in [0.29, 0.717) is 11.7 Å². The van der Waals surface area contributed by atoms with Crippen molar-refractivity contribution in [3.63, 3.8) is 0 Å². The van der Waals surface area contributed by atoms with Crippen LogP contribution in [-0.4, -0.2) is 31.1 Å². The van der Waals surface area contributed by atoms with Gasteiger partial charge in [-0.05, 0) is 59.3 Å². The lowest BCUT2D eigenvalue weighted by molar-refractivity contribution is -0.150. The Morgan fingerprint density at radius 2 is 2.00 bits per heavy atom. The molecule has 132 valence electrons. The number of hydrogen-bond donors (Lipinski definition) is 1. The van der Waals surface area contributed by atoms with Crippen LogP contribution in [0, 0.1) is 12.8 Å². The summed E-state index contributed by atoms with van der Waals surface area (Å²) in [5, 5.41) is 2.95. The Morgan fingerprint density at radius 3 is 2.71 bits per heavy atom. The second-order valence-electron chi connectivity index (χ2n) is 6.32. The van der Waals surface area contributed by atoms with Gasteiger partial charge in [0.25, 0.3) is 5.91 Å². The van der Waals surface area contributed by atoms with E-state index in [-0.39, 0.29) is 25.2 Å². The predicted molar refractivity (Wildman–Crippen MR) is 94.9 cm³/mol. The molecule has 1 saturated carbocycles. The van der Waals surface area contributed by atoms with Gasteiger partial charge in [-0.2, -0.15) is 0 Å². The maximum absolute atomic E-state index is 11.9. The number of esters is 1. The van der Waals surface area contributed by atoms with Crippen LogP contribution < -0.4 is 10.1 Å². The molecule has 6 heteroatoms. The smallest absolute Gasteiger partial charge is 0.344 e. The fraction of sp³-hybridized carbons (Fsp3) is 0.556. The Balaban J connectivity index is 1.69. The molecular formula is C18H24BrNO4. The zero-order valence-corrected chi connectivity index (χ0v) is 15.7. The van der Waals surface area contributed by atoms with Crippen LogP contribution in [-0.2, 0) is 14.3 Å². The molecule has 0 bridgehead atoms. The highest BCUT2D eigenvalue weighted by atomic mass is 79.9. The molecule has 2 atom stereocenters. The molecule has 0 heterocycles. The Kier molecular flexibility index (Phi) is 7.09. The molecule has 1 N–H and O–H groups in total. The van der Waals surface area contributed by atoms with Crippen LogP contribution >= 0.6 is 15.9 Å². The van der Waals surface area contributed by atoms with E-state index in [2.05, 4.69) is 28.2 Å². The molecule has 1 amide bonds. The predicted octanol–water partition coefficient (Wildman–Crippen LogP) is 3.37. The van der Waals surface area contributed by atoms with Crippen LogP contribution in [0.25, 0.3) is 0 Å². The van der Waals surface area contributed by atoms with Gasteiger partial charge in [0.15, 0.2) is 13.2 Å². The van der Waals surface area contributed by atoms with Gasteiger partial charge in [0.1, 0.15) is 5.75 Å². The molecule has 5 nitrogen and oxygen atoms in total. The van der Waals surface area contributed by atoms with Crippen molar-refractivity contribution in [1.29, 1.82) is 0 Å². The van der Waals surface area contributed by atoms with Gasteiger partial charge < -0.3 is 14.8 Å². The molecular weight excluding hydrogens is 374 g/mol. The van der Waals surface area contributed by atoms with Gasteiger partial charge in [-0.25, -0.2) is 4.79 Å². The van der Waals surface area contributed by atoms with Crippen LogP contribution in [0.2, 0.25) is 0 Å². The van der Waals surface area contributed by atoms with E-state index >= 15 is 0 Å². The molecule has 0 radical (unpaired) electrons. The third kappa shape index (κ3) is 5.82. The van der Waals surface area contributed by atoms with Gasteiger partial charge in [0, 0.05) is 6.04 Å². The first-order valence-corrected chi connectivity index (χ1v) is 9.09. The number of carbonyl (C=O) groups is 2. The number of halogens is 1. The molecule has 1 aliphatic carbocycles. The van der Waals surface area contributed by atoms with E-state index in [1.807, 2.05) is 19.1 Å². The summed E-state index contributed by atoms with van der Waals surface area (Å²) < 4.78 is 11.2. The third-order valence-corrected chi connectivity index (χ3v) is 4.87. The van der Waals surface area contributed by atoms with Crippen LogP contribution in [0.1, 0.15) is 38.2 Å². The summed E-state index contributed by atoms with van der Waals surface area (Å²) in [6, 6.07) is 5.76. The minimum atomic E-state index is -0.561. The second-order valence-corrected chi connectivity index (χ2v) is 7.17. The first kappa shape index (κ1) is 18.8. The van der Waals surface area contributed by atoms with E-state index in [1.165, 1.54) is 6.42 Å². The van der Waals surface area contributed by atoms with Crippen molar-refractivity contribution in [2.75, 3.05) is 13.2 Å². The molecule has 0 unspecified atom stereocenters. The lowest BCUT2D eigenvalue weighted by Gasteiger charge is -2.29. The van der Waals surface area contributed by atoms with Crippen molar-refractivity contribution in [2.45, 2.75) is 45.6 Å². The summed E-state index contributed by atoms with van der Waals surface area (Å²) in [7, 11) is 0. The highest BCUT2D eigenvalue weighted by Gasteiger charge is 2.23. The topological polar surface area (TPSA) is 64.6 Å². The lowest BCUT2D eigenvalue weighted by Crippen LogP contribution is -2.43. The van der Waals surface area contributed by atoms with Crippen molar-refractivity contribution < 1.29 is 19.1 Å². The van der Waals surface area contributed by atoms with Crippen LogP contribution in [0.15, 0.2) is 22.7 Å². The number of rotatable bonds is 6. The Hall–Kier alpha value is -1.56. The van der Waals surface area contributed by atoms with Crippen molar-refractivity contribution in [3.05, 3.63) is 28.2 Å². The molecule has 0 aliphatic heterocycles. The monoisotopic (exact) mass is 397 g/mol. The maximum Gasteiger partial charge on any atom is 0.344 e. The van der Waals surface area contributed by atoms with Crippen molar-refractivity contribution in [2.24, 2.45) is 5.92 Å². The van der Waals surface area contributed by atoms with Crippen LogP contribution in [0.3, 0.4) is 0 Å². The number of nitrogens with one attached hydrogen (secondary N) is 1. The summed E-state index contributed by atoms with van der Waals surface area (Å²) in [5.41, 5.74) is 1.09. The van der Waals surface area contributed by atoms with E-state index < -0.39 is 5.97 Å². The molecule has 2 rings (SSSR count). The highest BCUT2D eigenvalue weighted by molar-refractivity contribution is 9.10. The zero-order valence-electron chi connectivity index (χ0n) is 14.1. The number of hydrogen-bond acceptors (Lipinski definition) is 4. The standard InChI is InChI=1S/C18H24BrNO4/c1-12-7-8-16(14(19)9-12)23-11-18(22)24-10-17(21)20-15-6-4-3-5-13(15)2/h7-9,13,15H,3-6,10-11H2,1-2H3,(H,20,21)/t13-,15-/m0/s1. The summed E-state index contributed by atoms with van der Waals surface area (Å²) in [6.45, 7) is 3.62. The number of aryl methyl sites for hydroxylation is 1.